The summed E-state index contributed by atoms with van der Waals surface area (Å²) in [7, 11) is 1.90. The molecule has 216 valence electrons. The van der Waals surface area contributed by atoms with Crippen molar-refractivity contribution in [3.8, 4) is 0 Å². The number of β-lactam (4-membered cyclic amide) rings is 1. The number of amides is 2. The number of nitroso groups, excluding NO2 is 1. The Hall–Kier alpha value is -2.00. The second-order valence-corrected chi connectivity index (χ2v) is 14.2. The molecule has 0 spiro atoms. The van der Waals surface area contributed by atoms with E-state index in [0.29, 0.717) is 10.7 Å². The number of nitrogens with one attached hydrogen (secondary N) is 3. The molecule has 0 aliphatic carbocycles. The fraction of sp³-hybridized carbons (Fsp3) is 0.500. The SMILES string of the molecule is CNCCNCCSCc1nnsc1SC1=C(C(=O)O)N2C(=O)[C@@H](NC(=O)C(N=O)c3nc(N)sc3Cl)[C@@H]2SC1. The van der Waals surface area contributed by atoms with Crippen molar-refractivity contribution in [1.82, 2.24) is 35.4 Å². The van der Waals surface area contributed by atoms with E-state index in [2.05, 4.69) is 35.7 Å². The van der Waals surface area contributed by atoms with Gasteiger partial charge in [0.1, 0.15) is 31.4 Å². The number of thioether (sulfide) groups is 3. The Morgan fingerprint density at radius 2 is 2.15 bits per heavy atom. The molecule has 4 heterocycles. The zero-order chi connectivity index (χ0) is 28.8. The molecular weight excluding hydrogens is 642 g/mol. The number of hydrogen-bond donors (Lipinski definition) is 5. The highest BCUT2D eigenvalue weighted by molar-refractivity contribution is 8.07. The van der Waals surface area contributed by atoms with Gasteiger partial charge in [0.05, 0.1) is 5.69 Å². The summed E-state index contributed by atoms with van der Waals surface area (Å²) in [6.45, 7) is 2.62. The van der Waals surface area contributed by atoms with Crippen LogP contribution in [0.4, 0.5) is 5.13 Å². The fourth-order valence-electron chi connectivity index (χ4n) is 3.75. The number of nitrogen functional groups attached to an aromatic ring is 1. The molecule has 2 aromatic rings. The number of thiazole rings is 1. The minimum absolute atomic E-state index is 0.0418. The summed E-state index contributed by atoms with van der Waals surface area (Å²) in [5, 5.41) is 25.3. The predicted molar refractivity (Wildman–Crippen MR) is 158 cm³/mol. The first-order valence-corrected chi connectivity index (χ1v) is 16.6. The van der Waals surface area contributed by atoms with Gasteiger partial charge in [0, 0.05) is 41.8 Å². The van der Waals surface area contributed by atoms with Crippen LogP contribution in [0, 0.1) is 4.91 Å². The van der Waals surface area contributed by atoms with Crippen molar-refractivity contribution < 1.29 is 19.5 Å². The van der Waals surface area contributed by atoms with E-state index in [9.17, 15) is 24.4 Å². The van der Waals surface area contributed by atoms with Crippen LogP contribution >= 0.6 is 69.8 Å². The summed E-state index contributed by atoms with van der Waals surface area (Å²) in [4.78, 5) is 55.0. The van der Waals surface area contributed by atoms with Gasteiger partial charge in [-0.25, -0.2) is 9.78 Å². The molecule has 0 radical (unpaired) electrons. The first-order valence-electron chi connectivity index (χ1n) is 11.6. The fourth-order valence-corrected chi connectivity index (χ4v) is 9.09. The number of nitrogens with zero attached hydrogens (tertiary/aromatic N) is 5. The number of carbonyl (C=O) groups is 3. The van der Waals surface area contributed by atoms with Gasteiger partial charge in [0.15, 0.2) is 5.13 Å². The minimum Gasteiger partial charge on any atom is -0.477 e. The summed E-state index contributed by atoms with van der Waals surface area (Å²) in [6.07, 6.45) is 0. The van der Waals surface area contributed by atoms with E-state index in [4.69, 9.17) is 17.3 Å². The van der Waals surface area contributed by atoms with E-state index in [0.717, 1.165) is 51.5 Å². The Morgan fingerprint density at radius 3 is 2.83 bits per heavy atom. The maximum atomic E-state index is 13.0. The Kier molecular flexibility index (Phi) is 11.0. The third-order valence-corrected chi connectivity index (χ3v) is 11.2. The summed E-state index contributed by atoms with van der Waals surface area (Å²) in [5.41, 5.74) is 6.10. The van der Waals surface area contributed by atoms with Gasteiger partial charge in [-0.05, 0) is 23.8 Å². The molecule has 4 rings (SSSR count). The van der Waals surface area contributed by atoms with Crippen LogP contribution in [0.25, 0.3) is 0 Å². The molecule has 1 fully saturated rings. The number of halogens is 1. The predicted octanol–water partition coefficient (Wildman–Crippen LogP) is 1.57. The largest absolute Gasteiger partial charge is 0.477 e. The van der Waals surface area contributed by atoms with Crippen molar-refractivity contribution in [1.29, 1.82) is 0 Å². The Morgan fingerprint density at radius 1 is 1.35 bits per heavy atom. The van der Waals surface area contributed by atoms with Crippen LogP contribution < -0.4 is 21.7 Å². The molecule has 40 heavy (non-hydrogen) atoms. The second-order valence-electron chi connectivity index (χ2n) is 8.21. The Bertz CT molecular complexity index is 1310. The second kappa shape index (κ2) is 14.3. The summed E-state index contributed by atoms with van der Waals surface area (Å²) in [6, 6.07) is -2.65. The lowest BCUT2D eigenvalue weighted by Gasteiger charge is -2.49. The van der Waals surface area contributed by atoms with Crippen LogP contribution in [0.15, 0.2) is 20.0 Å². The highest BCUT2D eigenvalue weighted by Crippen LogP contribution is 2.46. The lowest BCUT2D eigenvalue weighted by Crippen LogP contribution is -2.70. The van der Waals surface area contributed by atoms with E-state index in [1.807, 2.05) is 7.05 Å². The maximum absolute atomic E-state index is 13.0. The minimum atomic E-state index is -1.60. The number of likely N-dealkylation sites (N-methyl/N-ethyl adjacent to an activating group) is 1. The Balaban J connectivity index is 1.40. The van der Waals surface area contributed by atoms with Crippen molar-refractivity contribution in [2.45, 2.75) is 27.4 Å². The molecule has 2 amide bonds. The molecule has 2 aromatic heterocycles. The lowest BCUT2D eigenvalue weighted by atomic mass is 10.0. The molecule has 20 heteroatoms. The highest BCUT2D eigenvalue weighted by atomic mass is 35.5. The molecule has 0 saturated carbocycles. The van der Waals surface area contributed by atoms with Gasteiger partial charge in [-0.1, -0.05) is 39.2 Å². The number of aliphatic carboxylic acids is 1. The van der Waals surface area contributed by atoms with E-state index in [1.165, 1.54) is 35.1 Å². The topological polar surface area (TPSA) is 205 Å². The summed E-state index contributed by atoms with van der Waals surface area (Å²) >= 11 is 12.3. The number of nitrogens with two attached hydrogens (primary N) is 1. The van der Waals surface area contributed by atoms with Crippen LogP contribution in [0.3, 0.4) is 0 Å². The van der Waals surface area contributed by atoms with Gasteiger partial charge >= 0.3 is 5.97 Å². The van der Waals surface area contributed by atoms with E-state index >= 15 is 0 Å². The van der Waals surface area contributed by atoms with Crippen molar-refractivity contribution >= 4 is 92.7 Å². The number of rotatable bonds is 15. The van der Waals surface area contributed by atoms with Crippen LogP contribution in [-0.4, -0.2) is 92.0 Å². The zero-order valence-corrected chi connectivity index (χ0v) is 25.6. The van der Waals surface area contributed by atoms with Gasteiger partial charge in [-0.2, -0.15) is 11.8 Å². The van der Waals surface area contributed by atoms with Gasteiger partial charge in [-0.3, -0.25) is 14.5 Å². The smallest absolute Gasteiger partial charge is 0.353 e. The molecule has 14 nitrogen and oxygen atoms in total. The molecule has 0 bridgehead atoms. The molecule has 6 N–H and O–H groups in total. The van der Waals surface area contributed by atoms with Crippen LogP contribution in [0.1, 0.15) is 17.4 Å². The van der Waals surface area contributed by atoms with Crippen molar-refractivity contribution in [2.75, 3.05) is 43.9 Å². The van der Waals surface area contributed by atoms with Gasteiger partial charge in [-0.15, -0.1) is 21.8 Å². The van der Waals surface area contributed by atoms with Crippen molar-refractivity contribution in [2.24, 2.45) is 5.18 Å². The normalized spacial score (nSPS) is 19.2. The third kappa shape index (κ3) is 6.89. The van der Waals surface area contributed by atoms with Crippen molar-refractivity contribution in [3.63, 3.8) is 0 Å². The molecule has 3 atom stereocenters. The van der Waals surface area contributed by atoms with Crippen LogP contribution in [-0.2, 0) is 20.1 Å². The number of carbonyl (C=O) groups excluding carboxylic acids is 2. The highest BCUT2D eigenvalue weighted by Gasteiger charge is 2.55. The van der Waals surface area contributed by atoms with Gasteiger partial charge < -0.3 is 26.8 Å². The van der Waals surface area contributed by atoms with Crippen molar-refractivity contribution in [3.05, 3.63) is 31.2 Å². The van der Waals surface area contributed by atoms with Gasteiger partial charge in [0.25, 0.3) is 11.8 Å². The number of fused-ring (bicyclic) bond motifs is 1. The summed E-state index contributed by atoms with van der Waals surface area (Å²) < 4.78 is 4.84. The van der Waals surface area contributed by atoms with E-state index in [1.54, 1.807) is 11.8 Å². The molecule has 0 aromatic carbocycles. The quantitative estimate of drug-likeness (QED) is 0.104. The number of carboxylic acid groups (broad SMARTS) is 1. The summed E-state index contributed by atoms with van der Waals surface area (Å²) in [5.74, 6) is -0.963. The molecule has 2 aliphatic heterocycles. The first kappa shape index (κ1) is 30.9. The average molecular weight is 666 g/mol. The average Bonchev–Trinajstić information content (AvgIpc) is 3.51. The standard InChI is InChI=1S/C20H24ClN9O5S5/c1-23-2-3-24-4-5-36-6-8-19(40-29-27-8)38-9-7-37-17-12(16(32)30(17)13(9)18(33)34)25-15(31)11(28-35)10-14(21)39-20(22)26-10/h11-12,17,23-24H,2-7H2,1H3,(H2,22,26)(H,25,31)(H,33,34)/t11?,12-,17+/m1/s1. The lowest BCUT2D eigenvalue weighted by molar-refractivity contribution is -0.150. The van der Waals surface area contributed by atoms with E-state index in [-0.39, 0.29) is 26.6 Å². The molecular formula is C20H24ClN9O5S5. The number of hydrogen-bond acceptors (Lipinski definition) is 16. The molecule has 1 saturated heterocycles. The molecule has 2 aliphatic rings. The van der Waals surface area contributed by atoms with Crippen LogP contribution in [0.5, 0.6) is 0 Å². The zero-order valence-electron chi connectivity index (χ0n) is 20.8. The monoisotopic (exact) mass is 665 g/mol. The Labute approximate surface area is 254 Å². The van der Waals surface area contributed by atoms with Gasteiger partial charge in [0.2, 0.25) is 6.04 Å². The number of carboxylic acids is 1. The third-order valence-electron chi connectivity index (χ3n) is 5.62. The number of aromatic nitrogens is 3. The van der Waals surface area contributed by atoms with E-state index < -0.39 is 35.2 Å². The van der Waals surface area contributed by atoms with Crippen LogP contribution in [0.2, 0.25) is 4.34 Å². The maximum Gasteiger partial charge on any atom is 0.353 e. The number of anilines is 1. The first-order chi connectivity index (χ1) is 19.3. The molecule has 1 unspecified atom stereocenters.